The van der Waals surface area contributed by atoms with Crippen molar-refractivity contribution in [1.82, 2.24) is 0 Å². The molecule has 3 nitrogen and oxygen atoms in total. The summed E-state index contributed by atoms with van der Waals surface area (Å²) in [6.45, 7) is 2.06. The van der Waals surface area contributed by atoms with Crippen LogP contribution in [0.15, 0.2) is 0 Å². The molecule has 0 aliphatic heterocycles. The predicted molar refractivity (Wildman–Crippen MR) is 96.3 cm³/mol. The number of aliphatic hydroxyl groups is 1. The van der Waals surface area contributed by atoms with Crippen LogP contribution in [0.2, 0.25) is 0 Å². The van der Waals surface area contributed by atoms with E-state index in [1.807, 2.05) is 0 Å². The third-order valence-electron chi connectivity index (χ3n) is 4.02. The molecule has 0 aliphatic carbocycles. The van der Waals surface area contributed by atoms with Gasteiger partial charge in [0, 0.05) is 12.8 Å². The fourth-order valence-corrected chi connectivity index (χ4v) is 2.62. The van der Waals surface area contributed by atoms with Crippen molar-refractivity contribution in [3.8, 4) is 11.8 Å². The monoisotopic (exact) mass is 324 g/mol. The van der Waals surface area contributed by atoms with Crippen LogP contribution in [-0.2, 0) is 4.79 Å². The Morgan fingerprint density at radius 1 is 0.870 bits per heavy atom. The van der Waals surface area contributed by atoms with Gasteiger partial charge in [-0.2, -0.15) is 0 Å². The van der Waals surface area contributed by atoms with Crippen LogP contribution in [-0.4, -0.2) is 22.3 Å². The van der Waals surface area contributed by atoms with Gasteiger partial charge in [-0.15, -0.1) is 5.92 Å². The zero-order chi connectivity index (χ0) is 17.2. The summed E-state index contributed by atoms with van der Waals surface area (Å²) < 4.78 is 0. The molecule has 1 atom stereocenters. The highest BCUT2D eigenvalue weighted by molar-refractivity contribution is 5.66. The lowest BCUT2D eigenvalue weighted by molar-refractivity contribution is -0.137. The standard InChI is InChI=1S/C20H36O3/c1-2-16-19(21)17-14-12-10-8-6-4-3-5-7-9-11-13-15-18-20(22)23/h19,21H,2-13,15-16,18H2,1H3,(H,22,23)/t19-/m1/s1. The van der Waals surface area contributed by atoms with E-state index in [0.717, 1.165) is 38.5 Å². The summed E-state index contributed by atoms with van der Waals surface area (Å²) >= 11 is 0. The van der Waals surface area contributed by atoms with Gasteiger partial charge in [0.25, 0.3) is 0 Å². The number of carboxylic acid groups (broad SMARTS) is 1. The SMILES string of the molecule is CCC[C@@H](O)C#CCCCCCCCCCCCCCC(=O)O. The molecule has 0 aromatic carbocycles. The topological polar surface area (TPSA) is 57.5 Å². The molecule has 0 aromatic rings. The molecule has 0 saturated heterocycles. The van der Waals surface area contributed by atoms with Gasteiger partial charge in [0.15, 0.2) is 0 Å². The molecule has 0 aromatic heterocycles. The second-order valence-electron chi connectivity index (χ2n) is 6.41. The molecule has 0 rings (SSSR count). The van der Waals surface area contributed by atoms with Crippen LogP contribution >= 0.6 is 0 Å². The minimum Gasteiger partial charge on any atom is -0.481 e. The molecule has 0 bridgehead atoms. The first-order valence-corrected chi connectivity index (χ1v) is 9.55. The van der Waals surface area contributed by atoms with E-state index in [1.165, 1.54) is 51.4 Å². The number of aliphatic carboxylic acids is 1. The molecule has 23 heavy (non-hydrogen) atoms. The predicted octanol–water partition coefficient (Wildman–Crippen LogP) is 5.31. The zero-order valence-electron chi connectivity index (χ0n) is 15.0. The quantitative estimate of drug-likeness (QED) is 0.317. The second kappa shape index (κ2) is 17.3. The first-order chi connectivity index (χ1) is 11.2. The van der Waals surface area contributed by atoms with E-state index in [4.69, 9.17) is 5.11 Å². The van der Waals surface area contributed by atoms with E-state index < -0.39 is 12.1 Å². The van der Waals surface area contributed by atoms with E-state index in [2.05, 4.69) is 18.8 Å². The molecule has 0 unspecified atom stereocenters. The van der Waals surface area contributed by atoms with Gasteiger partial charge in [0.2, 0.25) is 0 Å². The molecular weight excluding hydrogens is 288 g/mol. The summed E-state index contributed by atoms with van der Waals surface area (Å²) in [6, 6.07) is 0. The molecule has 0 heterocycles. The van der Waals surface area contributed by atoms with E-state index >= 15 is 0 Å². The highest BCUT2D eigenvalue weighted by Crippen LogP contribution is 2.12. The summed E-state index contributed by atoms with van der Waals surface area (Å²) in [7, 11) is 0. The van der Waals surface area contributed by atoms with E-state index in [9.17, 15) is 9.90 Å². The van der Waals surface area contributed by atoms with Crippen LogP contribution in [0.3, 0.4) is 0 Å². The van der Waals surface area contributed by atoms with Gasteiger partial charge in [-0.3, -0.25) is 4.79 Å². The van der Waals surface area contributed by atoms with Gasteiger partial charge < -0.3 is 10.2 Å². The van der Waals surface area contributed by atoms with Gasteiger partial charge >= 0.3 is 5.97 Å². The smallest absolute Gasteiger partial charge is 0.303 e. The molecule has 0 fully saturated rings. The number of rotatable bonds is 15. The van der Waals surface area contributed by atoms with Crippen LogP contribution in [0.25, 0.3) is 0 Å². The molecule has 3 heteroatoms. The highest BCUT2D eigenvalue weighted by atomic mass is 16.4. The average Bonchev–Trinajstić information content (AvgIpc) is 2.51. The maximum absolute atomic E-state index is 10.4. The zero-order valence-corrected chi connectivity index (χ0v) is 15.0. The van der Waals surface area contributed by atoms with Crippen LogP contribution < -0.4 is 0 Å². The third-order valence-corrected chi connectivity index (χ3v) is 4.02. The van der Waals surface area contributed by atoms with Crippen LogP contribution in [0, 0.1) is 11.8 Å². The van der Waals surface area contributed by atoms with Crippen molar-refractivity contribution in [2.45, 2.75) is 109 Å². The molecule has 0 amide bonds. The average molecular weight is 325 g/mol. The van der Waals surface area contributed by atoms with Gasteiger partial charge in [0.1, 0.15) is 6.10 Å². The molecular formula is C20H36O3. The summed E-state index contributed by atoms with van der Waals surface area (Å²) in [5.41, 5.74) is 0. The highest BCUT2D eigenvalue weighted by Gasteiger charge is 1.97. The van der Waals surface area contributed by atoms with Gasteiger partial charge in [-0.1, -0.05) is 77.1 Å². The first kappa shape index (κ1) is 22.0. The minimum atomic E-state index is -0.673. The first-order valence-electron chi connectivity index (χ1n) is 9.55. The van der Waals surface area contributed by atoms with Crippen LogP contribution in [0.4, 0.5) is 0 Å². The number of aliphatic hydroxyl groups excluding tert-OH is 1. The van der Waals surface area contributed by atoms with Crippen molar-refractivity contribution >= 4 is 5.97 Å². The second-order valence-corrected chi connectivity index (χ2v) is 6.41. The van der Waals surface area contributed by atoms with Crippen molar-refractivity contribution in [3.63, 3.8) is 0 Å². The Bertz CT molecular complexity index is 328. The lowest BCUT2D eigenvalue weighted by atomic mass is 10.0. The summed E-state index contributed by atoms with van der Waals surface area (Å²) in [5.74, 6) is 5.31. The van der Waals surface area contributed by atoms with Crippen molar-refractivity contribution in [3.05, 3.63) is 0 Å². The molecule has 0 aliphatic rings. The Labute approximate surface area is 142 Å². The fraction of sp³-hybridized carbons (Fsp3) is 0.850. The van der Waals surface area contributed by atoms with E-state index in [0.29, 0.717) is 6.42 Å². The Balaban J connectivity index is 3.15. The number of carboxylic acids is 1. The summed E-state index contributed by atoms with van der Waals surface area (Å²) in [6.07, 6.45) is 15.8. The molecule has 0 spiro atoms. The van der Waals surface area contributed by atoms with Crippen LogP contribution in [0.5, 0.6) is 0 Å². The fourth-order valence-electron chi connectivity index (χ4n) is 2.62. The number of unbranched alkanes of at least 4 members (excludes halogenated alkanes) is 11. The van der Waals surface area contributed by atoms with Gasteiger partial charge in [-0.05, 0) is 19.3 Å². The van der Waals surface area contributed by atoms with Crippen molar-refractivity contribution < 1.29 is 15.0 Å². The Hall–Kier alpha value is -1.01. The Kier molecular flexibility index (Phi) is 16.6. The van der Waals surface area contributed by atoms with Crippen molar-refractivity contribution in [2.75, 3.05) is 0 Å². The number of hydrogen-bond acceptors (Lipinski definition) is 2. The summed E-state index contributed by atoms with van der Waals surface area (Å²) in [5, 5.41) is 18.0. The minimum absolute atomic E-state index is 0.321. The molecule has 134 valence electrons. The third kappa shape index (κ3) is 18.9. The van der Waals surface area contributed by atoms with E-state index in [-0.39, 0.29) is 0 Å². The molecule has 2 N–H and O–H groups in total. The largest absolute Gasteiger partial charge is 0.481 e. The van der Waals surface area contributed by atoms with Crippen molar-refractivity contribution in [2.24, 2.45) is 0 Å². The number of carbonyl (C=O) groups is 1. The van der Waals surface area contributed by atoms with E-state index in [1.54, 1.807) is 0 Å². The maximum Gasteiger partial charge on any atom is 0.303 e. The Morgan fingerprint density at radius 2 is 1.35 bits per heavy atom. The maximum atomic E-state index is 10.4. The normalized spacial score (nSPS) is 11.7. The van der Waals surface area contributed by atoms with Gasteiger partial charge in [-0.25, -0.2) is 0 Å². The summed E-state index contributed by atoms with van der Waals surface area (Å²) in [4.78, 5) is 10.4. The molecule has 0 saturated carbocycles. The lowest BCUT2D eigenvalue weighted by Gasteiger charge is -2.02. The number of hydrogen-bond donors (Lipinski definition) is 2. The van der Waals surface area contributed by atoms with Crippen molar-refractivity contribution in [1.29, 1.82) is 0 Å². The van der Waals surface area contributed by atoms with Crippen LogP contribution in [0.1, 0.15) is 103 Å². The Morgan fingerprint density at radius 3 is 1.83 bits per heavy atom. The lowest BCUT2D eigenvalue weighted by Crippen LogP contribution is -2.00. The van der Waals surface area contributed by atoms with Gasteiger partial charge in [0.05, 0.1) is 0 Å². The molecule has 0 radical (unpaired) electrons.